The number of ether oxygens (including phenoxy) is 1. The summed E-state index contributed by atoms with van der Waals surface area (Å²) in [6.07, 6.45) is 0. The zero-order chi connectivity index (χ0) is 17.1. The number of nitrogens with zero attached hydrogens (tertiary/aromatic N) is 1. The third-order valence-corrected chi connectivity index (χ3v) is 3.62. The first-order valence-electron chi connectivity index (χ1n) is 7.69. The van der Waals surface area contributed by atoms with Gasteiger partial charge in [0.1, 0.15) is 5.75 Å². The molecule has 0 saturated heterocycles. The van der Waals surface area contributed by atoms with E-state index in [1.807, 2.05) is 38.1 Å². The number of benzene rings is 2. The molecule has 0 radical (unpaired) electrons. The van der Waals surface area contributed by atoms with Gasteiger partial charge in [-0.25, -0.2) is 0 Å². The van der Waals surface area contributed by atoms with Gasteiger partial charge in [0.15, 0.2) is 0 Å². The molecule has 0 bridgehead atoms. The number of aromatic carboxylic acids is 1. The number of carboxylic acid groups (broad SMARTS) is 1. The van der Waals surface area contributed by atoms with Crippen molar-refractivity contribution < 1.29 is 14.6 Å². The van der Waals surface area contributed by atoms with Crippen molar-refractivity contribution in [3.05, 3.63) is 59.8 Å². The summed E-state index contributed by atoms with van der Waals surface area (Å²) < 4.78 is 5.56. The molecule has 0 unspecified atom stereocenters. The summed E-state index contributed by atoms with van der Waals surface area (Å²) in [6.45, 7) is 4.47. The summed E-state index contributed by atoms with van der Waals surface area (Å²) >= 11 is 0. The van der Waals surface area contributed by atoms with Crippen molar-refractivity contribution in [3.63, 3.8) is 0 Å². The smallest absolute Gasteiger partial charge is 0.120 e. The number of aromatic nitrogens is 1. The Morgan fingerprint density at radius 2 is 1.92 bits per heavy atom. The lowest BCUT2D eigenvalue weighted by Gasteiger charge is -2.13. The monoisotopic (exact) mass is 321 g/mol. The number of carbonyl (C=O) groups is 1. The standard InChI is InChI=1S/C19H18N2O3/c1-3-24-15-8-9-17-16(11-15)18(10-12(2)20-17)21-14-6-4-13(5-7-14)19(22)23/h4-11H,3H2,1-2H3,(H,20,21)(H,22,23)/p-1. The highest BCUT2D eigenvalue weighted by atomic mass is 16.5. The third kappa shape index (κ3) is 3.30. The van der Waals surface area contributed by atoms with Crippen molar-refractivity contribution in [1.82, 2.24) is 4.98 Å². The van der Waals surface area contributed by atoms with Gasteiger partial charge in [-0.15, -0.1) is 0 Å². The van der Waals surface area contributed by atoms with Crippen molar-refractivity contribution in [3.8, 4) is 5.75 Å². The number of hydrogen-bond acceptors (Lipinski definition) is 5. The molecule has 2 aromatic carbocycles. The van der Waals surface area contributed by atoms with Crippen LogP contribution in [-0.4, -0.2) is 17.6 Å². The van der Waals surface area contributed by atoms with Crippen LogP contribution < -0.4 is 15.2 Å². The molecule has 0 atom stereocenters. The summed E-state index contributed by atoms with van der Waals surface area (Å²) in [7, 11) is 0. The number of anilines is 2. The zero-order valence-electron chi connectivity index (χ0n) is 13.5. The second kappa shape index (κ2) is 6.58. The molecule has 0 aliphatic heterocycles. The minimum absolute atomic E-state index is 0.148. The molecule has 1 aromatic heterocycles. The number of fused-ring (bicyclic) bond motifs is 1. The predicted molar refractivity (Wildman–Crippen MR) is 91.7 cm³/mol. The highest BCUT2D eigenvalue weighted by Crippen LogP contribution is 2.29. The number of nitrogens with one attached hydrogen (secondary N) is 1. The second-order valence-electron chi connectivity index (χ2n) is 5.41. The van der Waals surface area contributed by atoms with Crippen LogP contribution >= 0.6 is 0 Å². The summed E-state index contributed by atoms with van der Waals surface area (Å²) in [5, 5.41) is 15.1. The van der Waals surface area contributed by atoms with Crippen molar-refractivity contribution in [1.29, 1.82) is 0 Å². The highest BCUT2D eigenvalue weighted by molar-refractivity contribution is 5.94. The van der Waals surface area contributed by atoms with Crippen LogP contribution in [-0.2, 0) is 0 Å². The van der Waals surface area contributed by atoms with Crippen molar-refractivity contribution in [2.24, 2.45) is 0 Å². The first-order valence-corrected chi connectivity index (χ1v) is 7.69. The lowest BCUT2D eigenvalue weighted by molar-refractivity contribution is -0.255. The normalized spacial score (nSPS) is 10.6. The van der Waals surface area contributed by atoms with E-state index in [0.29, 0.717) is 6.61 Å². The largest absolute Gasteiger partial charge is 0.545 e. The van der Waals surface area contributed by atoms with Crippen LogP contribution in [0.2, 0.25) is 0 Å². The van der Waals surface area contributed by atoms with E-state index >= 15 is 0 Å². The SMILES string of the molecule is CCOc1ccc2nc(C)cc(Nc3ccc(C(=O)[O-])cc3)c2c1. The van der Waals surface area contributed by atoms with Crippen LogP contribution in [0.1, 0.15) is 23.0 Å². The third-order valence-electron chi connectivity index (χ3n) is 3.62. The molecule has 0 spiro atoms. The minimum Gasteiger partial charge on any atom is -0.545 e. The van der Waals surface area contributed by atoms with E-state index in [9.17, 15) is 9.90 Å². The molecule has 1 N–H and O–H groups in total. The summed E-state index contributed by atoms with van der Waals surface area (Å²) in [5.41, 5.74) is 3.58. The van der Waals surface area contributed by atoms with Gasteiger partial charge in [-0.2, -0.15) is 0 Å². The van der Waals surface area contributed by atoms with E-state index in [1.54, 1.807) is 12.1 Å². The Morgan fingerprint density at radius 1 is 1.17 bits per heavy atom. The molecule has 0 saturated carbocycles. The number of carbonyl (C=O) groups excluding carboxylic acids is 1. The Bertz CT molecular complexity index is 889. The number of carboxylic acids is 1. The van der Waals surface area contributed by atoms with Crippen molar-refractivity contribution >= 4 is 28.2 Å². The van der Waals surface area contributed by atoms with Gasteiger partial charge in [-0.3, -0.25) is 4.98 Å². The highest BCUT2D eigenvalue weighted by Gasteiger charge is 2.07. The van der Waals surface area contributed by atoms with E-state index in [2.05, 4.69) is 10.3 Å². The molecular weight excluding hydrogens is 304 g/mol. The van der Waals surface area contributed by atoms with Gasteiger partial charge in [-0.1, -0.05) is 12.1 Å². The molecule has 3 rings (SSSR count). The molecule has 0 aliphatic rings. The number of hydrogen-bond donors (Lipinski definition) is 1. The Hall–Kier alpha value is -3.08. The lowest BCUT2D eigenvalue weighted by Crippen LogP contribution is -2.21. The maximum atomic E-state index is 10.8. The average molecular weight is 321 g/mol. The molecule has 0 amide bonds. The van der Waals surface area contributed by atoms with Crippen LogP contribution in [0.3, 0.4) is 0 Å². The Balaban J connectivity index is 2.00. The average Bonchev–Trinajstić information content (AvgIpc) is 2.56. The Morgan fingerprint density at radius 3 is 2.58 bits per heavy atom. The van der Waals surface area contributed by atoms with E-state index in [1.165, 1.54) is 12.1 Å². The van der Waals surface area contributed by atoms with Crippen LogP contribution in [0.15, 0.2) is 48.5 Å². The van der Waals surface area contributed by atoms with Gasteiger partial charge in [0.2, 0.25) is 0 Å². The van der Waals surface area contributed by atoms with E-state index < -0.39 is 5.97 Å². The number of pyridine rings is 1. The first kappa shape index (κ1) is 15.8. The van der Waals surface area contributed by atoms with Crippen LogP contribution in [0, 0.1) is 6.92 Å². The quantitative estimate of drug-likeness (QED) is 0.782. The predicted octanol–water partition coefficient (Wildman–Crippen LogP) is 3.05. The fraction of sp³-hybridized carbons (Fsp3) is 0.158. The van der Waals surface area contributed by atoms with Gasteiger partial charge in [-0.05, 0) is 55.8 Å². The van der Waals surface area contributed by atoms with Gasteiger partial charge in [0, 0.05) is 22.5 Å². The summed E-state index contributed by atoms with van der Waals surface area (Å²) in [4.78, 5) is 15.4. The topological polar surface area (TPSA) is 74.3 Å². The van der Waals surface area contributed by atoms with E-state index in [-0.39, 0.29) is 5.56 Å². The fourth-order valence-electron chi connectivity index (χ4n) is 2.54. The second-order valence-corrected chi connectivity index (χ2v) is 5.41. The fourth-order valence-corrected chi connectivity index (χ4v) is 2.54. The van der Waals surface area contributed by atoms with E-state index in [0.717, 1.165) is 33.7 Å². The van der Waals surface area contributed by atoms with Crippen LogP contribution in [0.4, 0.5) is 11.4 Å². The van der Waals surface area contributed by atoms with Gasteiger partial charge in [0.25, 0.3) is 0 Å². The maximum Gasteiger partial charge on any atom is 0.120 e. The minimum atomic E-state index is -1.19. The molecule has 5 nitrogen and oxygen atoms in total. The maximum absolute atomic E-state index is 10.8. The molecule has 5 heteroatoms. The number of aryl methyl sites for hydroxylation is 1. The number of rotatable bonds is 5. The first-order chi connectivity index (χ1) is 11.6. The lowest BCUT2D eigenvalue weighted by atomic mass is 10.1. The molecule has 0 fully saturated rings. The van der Waals surface area contributed by atoms with E-state index in [4.69, 9.17) is 4.74 Å². The summed E-state index contributed by atoms with van der Waals surface area (Å²) in [5.74, 6) is -0.404. The van der Waals surface area contributed by atoms with Gasteiger partial charge < -0.3 is 20.0 Å². The van der Waals surface area contributed by atoms with Crippen LogP contribution in [0.25, 0.3) is 10.9 Å². The van der Waals surface area contributed by atoms with Gasteiger partial charge in [0.05, 0.1) is 18.1 Å². The van der Waals surface area contributed by atoms with Crippen molar-refractivity contribution in [2.75, 3.05) is 11.9 Å². The van der Waals surface area contributed by atoms with Gasteiger partial charge >= 0.3 is 0 Å². The Labute approximate surface area is 139 Å². The summed E-state index contributed by atoms with van der Waals surface area (Å²) in [6, 6.07) is 14.2. The Kier molecular flexibility index (Phi) is 4.33. The molecule has 3 aromatic rings. The van der Waals surface area contributed by atoms with Crippen molar-refractivity contribution in [2.45, 2.75) is 13.8 Å². The van der Waals surface area contributed by atoms with Crippen LogP contribution in [0.5, 0.6) is 5.75 Å². The zero-order valence-corrected chi connectivity index (χ0v) is 13.5. The molecular formula is C19H17N2O3-. The molecule has 24 heavy (non-hydrogen) atoms. The molecule has 0 aliphatic carbocycles. The molecule has 1 heterocycles. The molecule has 122 valence electrons.